The van der Waals surface area contributed by atoms with Crippen molar-refractivity contribution in [2.45, 2.75) is 19.8 Å². The van der Waals surface area contributed by atoms with Crippen LogP contribution in [-0.4, -0.2) is 44.7 Å². The first-order valence-electron chi connectivity index (χ1n) is 7.07. The number of piperazine rings is 1. The first-order valence-corrected chi connectivity index (χ1v) is 7.07. The van der Waals surface area contributed by atoms with Crippen molar-refractivity contribution >= 4 is 11.4 Å². The van der Waals surface area contributed by atoms with Gasteiger partial charge in [-0.1, -0.05) is 13.3 Å². The van der Waals surface area contributed by atoms with Gasteiger partial charge in [0.2, 0.25) is 0 Å². The number of rotatable bonds is 5. The highest BCUT2D eigenvalue weighted by atomic mass is 15.2. The minimum Gasteiger partial charge on any atom is -0.385 e. The molecule has 0 amide bonds. The third kappa shape index (κ3) is 3.64. The highest BCUT2D eigenvalue weighted by Gasteiger charge is 2.13. The highest BCUT2D eigenvalue weighted by Crippen LogP contribution is 2.19. The Kier molecular flexibility index (Phi) is 4.88. The van der Waals surface area contributed by atoms with E-state index in [1.165, 1.54) is 24.2 Å². The van der Waals surface area contributed by atoms with Crippen LogP contribution in [0.15, 0.2) is 24.3 Å². The monoisotopic (exact) mass is 247 g/mol. The van der Waals surface area contributed by atoms with E-state index in [0.717, 1.165) is 32.7 Å². The van der Waals surface area contributed by atoms with Crippen LogP contribution in [0.3, 0.4) is 0 Å². The molecule has 0 bridgehead atoms. The first-order chi connectivity index (χ1) is 8.79. The van der Waals surface area contributed by atoms with Crippen LogP contribution in [0.1, 0.15) is 19.8 Å². The molecule has 1 N–H and O–H groups in total. The molecule has 100 valence electrons. The zero-order valence-corrected chi connectivity index (χ0v) is 11.7. The number of likely N-dealkylation sites (N-methyl/N-ethyl adjacent to an activating group) is 1. The minimum absolute atomic E-state index is 1.07. The van der Waals surface area contributed by atoms with Crippen molar-refractivity contribution < 1.29 is 0 Å². The Bertz CT molecular complexity index is 339. The third-order valence-electron chi connectivity index (χ3n) is 3.60. The molecule has 1 aliphatic heterocycles. The first kappa shape index (κ1) is 13.2. The molecule has 0 unspecified atom stereocenters. The SMILES string of the molecule is CCCCNc1ccc(N2CCN(C)CC2)cc1. The Morgan fingerprint density at radius 2 is 1.72 bits per heavy atom. The van der Waals surface area contributed by atoms with Crippen molar-refractivity contribution in [3.8, 4) is 0 Å². The van der Waals surface area contributed by atoms with E-state index in [9.17, 15) is 0 Å². The van der Waals surface area contributed by atoms with E-state index in [2.05, 4.69) is 53.4 Å². The van der Waals surface area contributed by atoms with E-state index < -0.39 is 0 Å². The summed E-state index contributed by atoms with van der Waals surface area (Å²) in [6.45, 7) is 7.90. The smallest absolute Gasteiger partial charge is 0.0368 e. The van der Waals surface area contributed by atoms with Crippen molar-refractivity contribution in [1.29, 1.82) is 0 Å². The maximum atomic E-state index is 3.46. The third-order valence-corrected chi connectivity index (χ3v) is 3.60. The van der Waals surface area contributed by atoms with Gasteiger partial charge in [0.1, 0.15) is 0 Å². The van der Waals surface area contributed by atoms with Crippen molar-refractivity contribution in [2.75, 3.05) is 50.0 Å². The lowest BCUT2D eigenvalue weighted by molar-refractivity contribution is 0.313. The summed E-state index contributed by atoms with van der Waals surface area (Å²) in [5, 5.41) is 3.46. The summed E-state index contributed by atoms with van der Waals surface area (Å²) in [6, 6.07) is 8.87. The molecule has 1 saturated heterocycles. The molecule has 3 heteroatoms. The molecule has 1 fully saturated rings. The van der Waals surface area contributed by atoms with E-state index in [0.29, 0.717) is 0 Å². The second-order valence-corrected chi connectivity index (χ2v) is 5.12. The van der Waals surface area contributed by atoms with Gasteiger partial charge in [-0.05, 0) is 37.7 Å². The second kappa shape index (κ2) is 6.64. The molecule has 0 saturated carbocycles. The van der Waals surface area contributed by atoms with Gasteiger partial charge in [0.25, 0.3) is 0 Å². The van der Waals surface area contributed by atoms with Crippen LogP contribution in [0.5, 0.6) is 0 Å². The molecule has 0 aliphatic carbocycles. The molecule has 1 aromatic rings. The number of nitrogens with one attached hydrogen (secondary N) is 1. The number of unbranched alkanes of at least 4 members (excludes halogenated alkanes) is 1. The Morgan fingerprint density at radius 3 is 2.33 bits per heavy atom. The van der Waals surface area contributed by atoms with Crippen LogP contribution in [0.4, 0.5) is 11.4 Å². The van der Waals surface area contributed by atoms with Crippen LogP contribution < -0.4 is 10.2 Å². The average molecular weight is 247 g/mol. The summed E-state index contributed by atoms with van der Waals surface area (Å²) in [5.74, 6) is 0. The lowest BCUT2D eigenvalue weighted by Gasteiger charge is -2.34. The van der Waals surface area contributed by atoms with Crippen LogP contribution in [-0.2, 0) is 0 Å². The molecule has 1 aromatic carbocycles. The van der Waals surface area contributed by atoms with Gasteiger partial charge in [0.15, 0.2) is 0 Å². The van der Waals surface area contributed by atoms with Gasteiger partial charge >= 0.3 is 0 Å². The van der Waals surface area contributed by atoms with Gasteiger partial charge in [-0.25, -0.2) is 0 Å². The number of benzene rings is 1. The average Bonchev–Trinajstić information content (AvgIpc) is 2.41. The van der Waals surface area contributed by atoms with Crippen LogP contribution in [0.25, 0.3) is 0 Å². The number of hydrogen-bond acceptors (Lipinski definition) is 3. The van der Waals surface area contributed by atoms with Gasteiger partial charge in [-0.2, -0.15) is 0 Å². The van der Waals surface area contributed by atoms with Crippen LogP contribution in [0.2, 0.25) is 0 Å². The van der Waals surface area contributed by atoms with Crippen molar-refractivity contribution in [3.63, 3.8) is 0 Å². The van der Waals surface area contributed by atoms with Crippen LogP contribution in [0, 0.1) is 0 Å². The molecule has 0 atom stereocenters. The Labute approximate surface area is 111 Å². The molecule has 0 radical (unpaired) electrons. The molecule has 18 heavy (non-hydrogen) atoms. The van der Waals surface area contributed by atoms with E-state index in [-0.39, 0.29) is 0 Å². The number of nitrogens with zero attached hydrogens (tertiary/aromatic N) is 2. The predicted octanol–water partition coefficient (Wildman–Crippen LogP) is 2.65. The Balaban J connectivity index is 1.87. The topological polar surface area (TPSA) is 18.5 Å². The summed E-state index contributed by atoms with van der Waals surface area (Å²) in [5.41, 5.74) is 2.59. The van der Waals surface area contributed by atoms with Crippen molar-refractivity contribution in [1.82, 2.24) is 4.90 Å². The molecule has 1 aliphatic rings. The van der Waals surface area contributed by atoms with Gasteiger partial charge in [-0.15, -0.1) is 0 Å². The van der Waals surface area contributed by atoms with Crippen molar-refractivity contribution in [3.05, 3.63) is 24.3 Å². The summed E-state index contributed by atoms with van der Waals surface area (Å²) < 4.78 is 0. The van der Waals surface area contributed by atoms with Gasteiger partial charge in [-0.3, -0.25) is 0 Å². The zero-order valence-electron chi connectivity index (χ0n) is 11.7. The standard InChI is InChI=1S/C15H25N3/c1-3-4-9-16-14-5-7-15(8-6-14)18-12-10-17(2)11-13-18/h5-8,16H,3-4,9-13H2,1-2H3. The largest absolute Gasteiger partial charge is 0.385 e. The molecular formula is C15H25N3. The maximum absolute atomic E-state index is 3.46. The van der Waals surface area contributed by atoms with E-state index in [1.807, 2.05) is 0 Å². The quantitative estimate of drug-likeness (QED) is 0.807. The highest BCUT2D eigenvalue weighted by molar-refractivity contribution is 5.55. The summed E-state index contributed by atoms with van der Waals surface area (Å²) >= 11 is 0. The fraction of sp³-hybridized carbons (Fsp3) is 0.600. The fourth-order valence-corrected chi connectivity index (χ4v) is 2.26. The maximum Gasteiger partial charge on any atom is 0.0368 e. The molecule has 0 aromatic heterocycles. The summed E-state index contributed by atoms with van der Waals surface area (Å²) in [6.07, 6.45) is 2.48. The molecule has 2 rings (SSSR count). The van der Waals surface area contributed by atoms with E-state index in [1.54, 1.807) is 0 Å². The molecular weight excluding hydrogens is 222 g/mol. The fourth-order valence-electron chi connectivity index (χ4n) is 2.26. The Morgan fingerprint density at radius 1 is 1.06 bits per heavy atom. The molecule has 1 heterocycles. The number of anilines is 2. The lowest BCUT2D eigenvalue weighted by atomic mass is 10.2. The normalized spacial score (nSPS) is 16.9. The molecule has 0 spiro atoms. The van der Waals surface area contributed by atoms with Gasteiger partial charge in [0.05, 0.1) is 0 Å². The lowest BCUT2D eigenvalue weighted by Crippen LogP contribution is -2.44. The summed E-state index contributed by atoms with van der Waals surface area (Å²) in [7, 11) is 2.19. The van der Waals surface area contributed by atoms with E-state index in [4.69, 9.17) is 0 Å². The second-order valence-electron chi connectivity index (χ2n) is 5.12. The van der Waals surface area contributed by atoms with E-state index >= 15 is 0 Å². The Hall–Kier alpha value is -1.22. The summed E-state index contributed by atoms with van der Waals surface area (Å²) in [4.78, 5) is 4.85. The van der Waals surface area contributed by atoms with Crippen molar-refractivity contribution in [2.24, 2.45) is 0 Å². The van der Waals surface area contributed by atoms with Gasteiger partial charge < -0.3 is 15.1 Å². The predicted molar refractivity (Wildman–Crippen MR) is 79.5 cm³/mol. The van der Waals surface area contributed by atoms with Gasteiger partial charge in [0, 0.05) is 44.1 Å². The van der Waals surface area contributed by atoms with Crippen LogP contribution >= 0.6 is 0 Å². The minimum atomic E-state index is 1.07. The molecule has 3 nitrogen and oxygen atoms in total. The zero-order chi connectivity index (χ0) is 12.8. The number of hydrogen-bond donors (Lipinski definition) is 1.